The highest BCUT2D eigenvalue weighted by Gasteiger charge is 2.17. The Hall–Kier alpha value is -3.68. The first-order chi connectivity index (χ1) is 15.3. The molecule has 0 saturated heterocycles. The average Bonchev–Trinajstić information content (AvgIpc) is 2.78. The normalized spacial score (nSPS) is 10.7. The van der Waals surface area contributed by atoms with Crippen molar-refractivity contribution in [2.45, 2.75) is 26.7 Å². The Bertz CT molecular complexity index is 1130. The second-order valence-electron chi connectivity index (χ2n) is 7.16. The SMILES string of the molecule is CCOC(=O)N(C)c1ccc(-c2ccc(C(=O)CCc3ccc(F)nc3C)cn2)cc1F. The zero-order valence-corrected chi connectivity index (χ0v) is 18.1. The Kier molecular flexibility index (Phi) is 7.25. The van der Waals surface area contributed by atoms with Crippen LogP contribution in [-0.2, 0) is 11.2 Å². The lowest BCUT2D eigenvalue weighted by Crippen LogP contribution is -2.27. The molecule has 166 valence electrons. The highest BCUT2D eigenvalue weighted by Crippen LogP contribution is 2.26. The number of Topliss-reactive ketones (excluding diaryl/α,β-unsaturated/α-hetero) is 1. The molecular formula is C24H23F2N3O3. The molecule has 32 heavy (non-hydrogen) atoms. The molecule has 0 atom stereocenters. The van der Waals surface area contributed by atoms with Crippen LogP contribution in [0, 0.1) is 18.7 Å². The third kappa shape index (κ3) is 5.32. The molecule has 6 nitrogen and oxygen atoms in total. The van der Waals surface area contributed by atoms with Crippen LogP contribution in [-0.4, -0.2) is 35.5 Å². The van der Waals surface area contributed by atoms with Crippen molar-refractivity contribution in [3.63, 3.8) is 0 Å². The summed E-state index contributed by atoms with van der Waals surface area (Å²) in [5, 5.41) is 0. The number of amides is 1. The topological polar surface area (TPSA) is 72.4 Å². The molecule has 3 rings (SSSR count). The molecule has 0 aliphatic carbocycles. The zero-order valence-electron chi connectivity index (χ0n) is 18.1. The van der Waals surface area contributed by atoms with Gasteiger partial charge in [-0.15, -0.1) is 0 Å². The van der Waals surface area contributed by atoms with Gasteiger partial charge in [0.2, 0.25) is 5.95 Å². The minimum absolute atomic E-state index is 0.0876. The van der Waals surface area contributed by atoms with Gasteiger partial charge >= 0.3 is 6.09 Å². The molecular weight excluding hydrogens is 416 g/mol. The molecule has 1 amide bonds. The Morgan fingerprint density at radius 3 is 2.50 bits per heavy atom. The minimum Gasteiger partial charge on any atom is -0.449 e. The van der Waals surface area contributed by atoms with Crippen molar-refractivity contribution < 1.29 is 23.1 Å². The van der Waals surface area contributed by atoms with Crippen molar-refractivity contribution in [1.82, 2.24) is 9.97 Å². The highest BCUT2D eigenvalue weighted by atomic mass is 19.1. The minimum atomic E-state index is -0.647. The zero-order chi connectivity index (χ0) is 23.3. The molecule has 0 fully saturated rings. The van der Waals surface area contributed by atoms with E-state index in [-0.39, 0.29) is 24.5 Å². The second kappa shape index (κ2) is 10.1. The van der Waals surface area contributed by atoms with Crippen LogP contribution in [0.1, 0.15) is 35.0 Å². The number of rotatable bonds is 7. The van der Waals surface area contributed by atoms with E-state index in [1.54, 1.807) is 38.1 Å². The highest BCUT2D eigenvalue weighted by molar-refractivity contribution is 5.96. The molecule has 0 aliphatic heterocycles. The fourth-order valence-electron chi connectivity index (χ4n) is 3.20. The molecule has 0 spiro atoms. The lowest BCUT2D eigenvalue weighted by Gasteiger charge is -2.17. The molecule has 0 unspecified atom stereocenters. The van der Waals surface area contributed by atoms with Crippen LogP contribution in [0.15, 0.2) is 48.7 Å². The summed E-state index contributed by atoms with van der Waals surface area (Å²) >= 11 is 0. The van der Waals surface area contributed by atoms with Gasteiger partial charge in [-0.3, -0.25) is 14.7 Å². The number of benzene rings is 1. The second-order valence-corrected chi connectivity index (χ2v) is 7.16. The fraction of sp³-hybridized carbons (Fsp3) is 0.250. The van der Waals surface area contributed by atoms with E-state index in [0.717, 1.165) is 10.5 Å². The average molecular weight is 439 g/mol. The number of ether oxygens (including phenoxy) is 1. The Balaban J connectivity index is 1.69. The molecule has 8 heteroatoms. The predicted molar refractivity (Wildman–Crippen MR) is 117 cm³/mol. The van der Waals surface area contributed by atoms with Gasteiger partial charge in [-0.05, 0) is 56.2 Å². The number of nitrogens with zero attached hydrogens (tertiary/aromatic N) is 3. The van der Waals surface area contributed by atoms with Crippen LogP contribution < -0.4 is 4.90 Å². The standard InChI is InChI=1S/C24H23F2N3O3/c1-4-32-24(31)29(3)21-10-6-17(13-19(21)25)20-9-5-18(14-27-20)22(30)11-7-16-8-12-23(26)28-15(16)2/h5-6,8-10,12-14H,4,7,11H2,1-3H3. The number of hydrogen-bond acceptors (Lipinski definition) is 5. The van der Waals surface area contributed by atoms with Gasteiger partial charge in [-0.2, -0.15) is 4.39 Å². The lowest BCUT2D eigenvalue weighted by atomic mass is 10.0. The van der Waals surface area contributed by atoms with Gasteiger partial charge < -0.3 is 4.74 Å². The fourth-order valence-corrected chi connectivity index (χ4v) is 3.20. The van der Waals surface area contributed by atoms with E-state index in [2.05, 4.69) is 9.97 Å². The van der Waals surface area contributed by atoms with Crippen molar-refractivity contribution in [3.8, 4) is 11.3 Å². The molecule has 0 bridgehead atoms. The molecule has 1 aromatic carbocycles. The summed E-state index contributed by atoms with van der Waals surface area (Å²) in [6.45, 7) is 3.57. The largest absolute Gasteiger partial charge is 0.449 e. The van der Waals surface area contributed by atoms with E-state index in [4.69, 9.17) is 4.74 Å². The van der Waals surface area contributed by atoms with Crippen LogP contribution in [0.3, 0.4) is 0 Å². The third-order valence-corrected chi connectivity index (χ3v) is 5.01. The van der Waals surface area contributed by atoms with Crippen LogP contribution in [0.5, 0.6) is 0 Å². The summed E-state index contributed by atoms with van der Waals surface area (Å²) in [6.07, 6.45) is 1.48. The number of pyridine rings is 2. The first-order valence-electron chi connectivity index (χ1n) is 10.1. The predicted octanol–water partition coefficient (Wildman–Crippen LogP) is 5.14. The molecule has 2 aromatic heterocycles. The Morgan fingerprint density at radius 1 is 1.09 bits per heavy atom. The summed E-state index contributed by atoms with van der Waals surface area (Å²) in [6, 6.07) is 10.6. The van der Waals surface area contributed by atoms with E-state index < -0.39 is 17.9 Å². The van der Waals surface area contributed by atoms with Crippen LogP contribution in [0.4, 0.5) is 19.3 Å². The van der Waals surface area contributed by atoms with Gasteiger partial charge in [-0.1, -0.05) is 12.1 Å². The molecule has 0 aliphatic rings. The van der Waals surface area contributed by atoms with Gasteiger partial charge in [-0.25, -0.2) is 14.2 Å². The molecule has 0 radical (unpaired) electrons. The number of carbonyl (C=O) groups excluding carboxylic acids is 2. The maximum absolute atomic E-state index is 14.6. The smallest absolute Gasteiger partial charge is 0.414 e. The summed E-state index contributed by atoms with van der Waals surface area (Å²) < 4.78 is 32.5. The van der Waals surface area contributed by atoms with Crippen LogP contribution in [0.25, 0.3) is 11.3 Å². The van der Waals surface area contributed by atoms with E-state index >= 15 is 0 Å². The number of carbonyl (C=O) groups is 2. The summed E-state index contributed by atoms with van der Waals surface area (Å²) in [7, 11) is 1.43. The molecule has 0 saturated carbocycles. The van der Waals surface area contributed by atoms with Crippen molar-refractivity contribution in [3.05, 3.63) is 77.2 Å². The lowest BCUT2D eigenvalue weighted by molar-refractivity contribution is 0.0982. The van der Waals surface area contributed by atoms with Crippen LogP contribution in [0.2, 0.25) is 0 Å². The van der Waals surface area contributed by atoms with Crippen LogP contribution >= 0.6 is 0 Å². The number of hydrogen-bond donors (Lipinski definition) is 0. The Labute approximate surface area is 184 Å². The summed E-state index contributed by atoms with van der Waals surface area (Å²) in [5.41, 5.74) is 2.89. The molecule has 2 heterocycles. The van der Waals surface area contributed by atoms with Gasteiger partial charge in [0.1, 0.15) is 5.82 Å². The third-order valence-electron chi connectivity index (χ3n) is 5.01. The Morgan fingerprint density at radius 2 is 1.88 bits per heavy atom. The summed E-state index contributed by atoms with van der Waals surface area (Å²) in [4.78, 5) is 33.4. The van der Waals surface area contributed by atoms with Gasteiger partial charge in [0.05, 0.1) is 18.0 Å². The maximum atomic E-state index is 14.6. The first kappa shape index (κ1) is 23.0. The monoisotopic (exact) mass is 439 g/mol. The summed E-state index contributed by atoms with van der Waals surface area (Å²) in [5.74, 6) is -1.25. The maximum Gasteiger partial charge on any atom is 0.414 e. The number of halogens is 2. The number of ketones is 1. The van der Waals surface area contributed by atoms with Crippen molar-refractivity contribution in [2.24, 2.45) is 0 Å². The van der Waals surface area contributed by atoms with E-state index in [9.17, 15) is 18.4 Å². The number of anilines is 1. The van der Waals surface area contributed by atoms with Crippen molar-refractivity contribution in [2.75, 3.05) is 18.6 Å². The number of aromatic nitrogens is 2. The first-order valence-corrected chi connectivity index (χ1v) is 10.1. The van der Waals surface area contributed by atoms with Gasteiger partial charge in [0.15, 0.2) is 5.78 Å². The van der Waals surface area contributed by atoms with E-state index in [1.807, 2.05) is 0 Å². The van der Waals surface area contributed by atoms with Crippen molar-refractivity contribution >= 4 is 17.6 Å². The van der Waals surface area contributed by atoms with Crippen molar-refractivity contribution in [1.29, 1.82) is 0 Å². The number of aryl methyl sites for hydroxylation is 2. The van der Waals surface area contributed by atoms with Gasteiger partial charge in [0.25, 0.3) is 0 Å². The quantitative estimate of drug-likeness (QED) is 0.377. The molecule has 3 aromatic rings. The van der Waals surface area contributed by atoms with Gasteiger partial charge in [0, 0.05) is 36.5 Å². The van der Waals surface area contributed by atoms with E-state index in [1.165, 1.54) is 31.4 Å². The van der Waals surface area contributed by atoms with E-state index in [0.29, 0.717) is 28.9 Å². The molecule has 0 N–H and O–H groups in total.